The molecule has 1 aliphatic rings. The van der Waals surface area contributed by atoms with Crippen LogP contribution in [0, 0.1) is 0 Å². The molecule has 9 heteroatoms. The predicted octanol–water partition coefficient (Wildman–Crippen LogP) is 1.08. The highest BCUT2D eigenvalue weighted by molar-refractivity contribution is 7.89. The maximum absolute atomic E-state index is 12.4. The van der Waals surface area contributed by atoms with Gasteiger partial charge in [0.25, 0.3) is 5.91 Å². The number of benzene rings is 2. The lowest BCUT2D eigenvalue weighted by molar-refractivity contribution is -0.139. The molecule has 1 aliphatic heterocycles. The monoisotopic (exact) mass is 390 g/mol. The summed E-state index contributed by atoms with van der Waals surface area (Å²) in [5.41, 5.74) is 1.40. The highest BCUT2D eigenvalue weighted by atomic mass is 32.2. The number of nitrogens with one attached hydrogen (secondary N) is 2. The molecule has 0 radical (unpaired) electrons. The van der Waals surface area contributed by atoms with Gasteiger partial charge in [0.05, 0.1) is 12.0 Å². The van der Waals surface area contributed by atoms with Crippen molar-refractivity contribution in [3.05, 3.63) is 54.1 Å². The van der Waals surface area contributed by atoms with Crippen LogP contribution in [-0.2, 0) is 30.8 Å². The molecule has 142 valence electrons. The smallest absolute Gasteiger partial charge is 0.320 e. The Morgan fingerprint density at radius 1 is 1.15 bits per heavy atom. The molecule has 2 aromatic rings. The summed E-state index contributed by atoms with van der Waals surface area (Å²) in [4.78, 5) is 23.4. The summed E-state index contributed by atoms with van der Waals surface area (Å²) in [7, 11) is -2.68. The van der Waals surface area contributed by atoms with Gasteiger partial charge in [0.2, 0.25) is 10.0 Å². The quantitative estimate of drug-likeness (QED) is 0.714. The van der Waals surface area contributed by atoms with Crippen molar-refractivity contribution in [1.82, 2.24) is 4.72 Å². The lowest BCUT2D eigenvalue weighted by Crippen LogP contribution is -2.31. The number of carbonyl (C=O) groups excluding carboxylic acids is 2. The lowest BCUT2D eigenvalue weighted by Gasteiger charge is -2.12. The van der Waals surface area contributed by atoms with Gasteiger partial charge in [-0.25, -0.2) is 8.42 Å². The largest absolute Gasteiger partial charge is 0.480 e. The Morgan fingerprint density at radius 3 is 2.52 bits per heavy atom. The average Bonchev–Trinajstić information content (AvgIpc) is 3.11. The molecule has 0 saturated carbocycles. The van der Waals surface area contributed by atoms with Crippen molar-refractivity contribution in [2.24, 2.45) is 0 Å². The van der Waals surface area contributed by atoms with Crippen LogP contribution in [0.15, 0.2) is 53.4 Å². The second kappa shape index (κ2) is 7.77. The van der Waals surface area contributed by atoms with Gasteiger partial charge in [-0.3, -0.25) is 9.59 Å². The molecule has 0 aromatic heterocycles. The van der Waals surface area contributed by atoms with E-state index < -0.39 is 28.6 Å². The molecule has 0 bridgehead atoms. The van der Waals surface area contributed by atoms with Crippen molar-refractivity contribution in [2.45, 2.75) is 17.4 Å². The van der Waals surface area contributed by atoms with Crippen molar-refractivity contribution in [2.75, 3.05) is 19.0 Å². The molecule has 0 unspecified atom stereocenters. The van der Waals surface area contributed by atoms with Gasteiger partial charge in [0.1, 0.15) is 12.3 Å². The third-order valence-corrected chi connectivity index (χ3v) is 5.42. The van der Waals surface area contributed by atoms with Crippen LogP contribution in [0.5, 0.6) is 5.75 Å². The number of fused-ring (bicyclic) bond motifs is 1. The van der Waals surface area contributed by atoms with Gasteiger partial charge in [-0.05, 0) is 35.9 Å². The van der Waals surface area contributed by atoms with Gasteiger partial charge in [-0.15, -0.1) is 0 Å². The first kappa shape index (κ1) is 18.9. The van der Waals surface area contributed by atoms with E-state index in [0.29, 0.717) is 17.9 Å². The van der Waals surface area contributed by atoms with E-state index in [9.17, 15) is 18.0 Å². The number of ether oxygens (including phenoxy) is 2. The molecule has 8 nitrogen and oxygen atoms in total. The standard InChI is InChI=1S/C18H18N2O6S/c1-25-17(21)11-19-27(23,24)14-8-6-13(7-9-14)20-18(22)16-10-12-4-2-3-5-15(12)26-16/h2-9,16,19H,10-11H2,1H3,(H,20,22)/t16-/m1/s1. The molecule has 1 amide bonds. The summed E-state index contributed by atoms with van der Waals surface area (Å²) >= 11 is 0. The average molecular weight is 390 g/mol. The van der Waals surface area contributed by atoms with Crippen molar-refractivity contribution in [3.8, 4) is 5.75 Å². The fourth-order valence-electron chi connectivity index (χ4n) is 2.58. The fraction of sp³-hybridized carbons (Fsp3) is 0.222. The molecule has 0 fully saturated rings. The van der Waals surface area contributed by atoms with Gasteiger partial charge in [0, 0.05) is 12.1 Å². The molecular weight excluding hydrogens is 372 g/mol. The Labute approximate surface area is 156 Å². The number of sulfonamides is 1. The van der Waals surface area contributed by atoms with Crippen LogP contribution >= 0.6 is 0 Å². The summed E-state index contributed by atoms with van der Waals surface area (Å²) in [5.74, 6) is -0.318. The molecular formula is C18H18N2O6S. The number of methoxy groups -OCH3 is 1. The number of para-hydroxylation sites is 1. The minimum absolute atomic E-state index is 0.0334. The number of hydrogen-bond acceptors (Lipinski definition) is 6. The highest BCUT2D eigenvalue weighted by Gasteiger charge is 2.28. The summed E-state index contributed by atoms with van der Waals surface area (Å²) in [6.07, 6.45) is -0.154. The van der Waals surface area contributed by atoms with E-state index in [1.165, 1.54) is 31.4 Å². The second-order valence-corrected chi connectivity index (χ2v) is 7.60. The highest BCUT2D eigenvalue weighted by Crippen LogP contribution is 2.28. The molecule has 27 heavy (non-hydrogen) atoms. The van der Waals surface area contributed by atoms with E-state index in [0.717, 1.165) is 5.56 Å². The number of rotatable bonds is 6. The Morgan fingerprint density at radius 2 is 1.85 bits per heavy atom. The van der Waals surface area contributed by atoms with E-state index in [-0.39, 0.29) is 10.8 Å². The third-order valence-electron chi connectivity index (χ3n) is 4.01. The number of amides is 1. The maximum Gasteiger partial charge on any atom is 0.320 e. The molecule has 0 aliphatic carbocycles. The number of anilines is 1. The maximum atomic E-state index is 12.4. The molecule has 2 aromatic carbocycles. The molecule has 0 saturated heterocycles. The van der Waals surface area contributed by atoms with E-state index >= 15 is 0 Å². The molecule has 3 rings (SSSR count). The third kappa shape index (κ3) is 4.44. The number of hydrogen-bond donors (Lipinski definition) is 2. The van der Waals surface area contributed by atoms with Crippen LogP contribution in [0.4, 0.5) is 5.69 Å². The van der Waals surface area contributed by atoms with Gasteiger partial charge in [0.15, 0.2) is 6.10 Å². The van der Waals surface area contributed by atoms with Crippen molar-refractivity contribution < 1.29 is 27.5 Å². The molecule has 2 N–H and O–H groups in total. The first-order chi connectivity index (χ1) is 12.9. The minimum Gasteiger partial charge on any atom is -0.480 e. The summed E-state index contributed by atoms with van der Waals surface area (Å²) in [6, 6.07) is 13.0. The Hall–Kier alpha value is -2.91. The fourth-order valence-corrected chi connectivity index (χ4v) is 3.55. The predicted molar refractivity (Wildman–Crippen MR) is 96.8 cm³/mol. The van der Waals surface area contributed by atoms with Crippen LogP contribution < -0.4 is 14.8 Å². The van der Waals surface area contributed by atoms with Crippen LogP contribution in [0.3, 0.4) is 0 Å². The van der Waals surface area contributed by atoms with E-state index in [1.54, 1.807) is 0 Å². The Kier molecular flexibility index (Phi) is 5.43. The first-order valence-electron chi connectivity index (χ1n) is 8.11. The SMILES string of the molecule is COC(=O)CNS(=O)(=O)c1ccc(NC(=O)[C@H]2Cc3ccccc3O2)cc1. The first-order valence-corrected chi connectivity index (χ1v) is 9.59. The zero-order valence-electron chi connectivity index (χ0n) is 14.5. The Balaban J connectivity index is 1.61. The zero-order chi connectivity index (χ0) is 19.4. The van der Waals surface area contributed by atoms with E-state index in [2.05, 4.69) is 14.8 Å². The van der Waals surface area contributed by atoms with E-state index in [1.807, 2.05) is 24.3 Å². The van der Waals surface area contributed by atoms with Crippen molar-refractivity contribution >= 4 is 27.6 Å². The van der Waals surface area contributed by atoms with Gasteiger partial charge in [-0.2, -0.15) is 4.72 Å². The van der Waals surface area contributed by atoms with Gasteiger partial charge >= 0.3 is 5.97 Å². The second-order valence-electron chi connectivity index (χ2n) is 5.83. The molecule has 1 heterocycles. The molecule has 0 spiro atoms. The van der Waals surface area contributed by atoms with Crippen molar-refractivity contribution in [3.63, 3.8) is 0 Å². The van der Waals surface area contributed by atoms with Crippen LogP contribution in [-0.4, -0.2) is 40.1 Å². The van der Waals surface area contributed by atoms with Gasteiger partial charge < -0.3 is 14.8 Å². The lowest BCUT2D eigenvalue weighted by atomic mass is 10.1. The summed E-state index contributed by atoms with van der Waals surface area (Å²) < 4.78 is 36.3. The molecule has 1 atom stereocenters. The van der Waals surface area contributed by atoms with Crippen molar-refractivity contribution in [1.29, 1.82) is 0 Å². The number of carbonyl (C=O) groups is 2. The minimum atomic E-state index is -3.85. The van der Waals surface area contributed by atoms with Gasteiger partial charge in [-0.1, -0.05) is 18.2 Å². The Bertz CT molecular complexity index is 931. The van der Waals surface area contributed by atoms with Crippen LogP contribution in [0.25, 0.3) is 0 Å². The topological polar surface area (TPSA) is 111 Å². The normalized spacial score (nSPS) is 15.5. The zero-order valence-corrected chi connectivity index (χ0v) is 15.3. The van der Waals surface area contributed by atoms with Crippen LogP contribution in [0.1, 0.15) is 5.56 Å². The summed E-state index contributed by atoms with van der Waals surface area (Å²) in [5, 5.41) is 2.70. The van der Waals surface area contributed by atoms with Crippen LogP contribution in [0.2, 0.25) is 0 Å². The summed E-state index contributed by atoms with van der Waals surface area (Å²) in [6.45, 7) is -0.461. The number of esters is 1. The van der Waals surface area contributed by atoms with E-state index in [4.69, 9.17) is 4.74 Å².